The Labute approximate surface area is 123 Å². The second-order valence-corrected chi connectivity index (χ2v) is 4.99. The standard InChI is InChI=1S/C13H10BrN3O3/c1-8-6-10(17(19)20)3-5-11(8)16-13(18)12-4-2-9(14)7-15-12/h2-7H,1H3,(H,16,18). The van der Waals surface area contributed by atoms with E-state index >= 15 is 0 Å². The van der Waals surface area contributed by atoms with Gasteiger partial charge in [0.1, 0.15) is 5.69 Å². The summed E-state index contributed by atoms with van der Waals surface area (Å²) in [5, 5.41) is 13.3. The van der Waals surface area contributed by atoms with Gasteiger partial charge < -0.3 is 5.32 Å². The molecule has 0 aliphatic rings. The number of amides is 1. The molecular formula is C13H10BrN3O3. The van der Waals surface area contributed by atoms with Crippen molar-refractivity contribution in [3.8, 4) is 0 Å². The number of rotatable bonds is 3. The molecule has 0 aliphatic heterocycles. The van der Waals surface area contributed by atoms with Crippen molar-refractivity contribution in [3.05, 3.63) is 62.4 Å². The van der Waals surface area contributed by atoms with Crippen LogP contribution in [0, 0.1) is 17.0 Å². The molecule has 2 aromatic rings. The van der Waals surface area contributed by atoms with Gasteiger partial charge in [-0.3, -0.25) is 14.9 Å². The number of nitrogens with zero attached hydrogens (tertiary/aromatic N) is 2. The van der Waals surface area contributed by atoms with E-state index in [1.165, 1.54) is 24.4 Å². The van der Waals surface area contributed by atoms with E-state index in [4.69, 9.17) is 0 Å². The third-order valence-electron chi connectivity index (χ3n) is 2.63. The number of anilines is 1. The minimum absolute atomic E-state index is 0.0118. The topological polar surface area (TPSA) is 85.1 Å². The smallest absolute Gasteiger partial charge is 0.274 e. The lowest BCUT2D eigenvalue weighted by atomic mass is 10.1. The molecule has 1 heterocycles. The van der Waals surface area contributed by atoms with Gasteiger partial charge in [-0.05, 0) is 46.6 Å². The maximum absolute atomic E-state index is 12.0. The zero-order valence-electron chi connectivity index (χ0n) is 10.5. The molecule has 0 saturated heterocycles. The molecular weight excluding hydrogens is 326 g/mol. The highest BCUT2D eigenvalue weighted by Gasteiger charge is 2.12. The lowest BCUT2D eigenvalue weighted by Crippen LogP contribution is -2.14. The van der Waals surface area contributed by atoms with E-state index in [0.29, 0.717) is 11.3 Å². The largest absolute Gasteiger partial charge is 0.320 e. The minimum atomic E-state index is -0.477. The van der Waals surface area contributed by atoms with Gasteiger partial charge in [0, 0.05) is 28.5 Å². The highest BCUT2D eigenvalue weighted by molar-refractivity contribution is 9.10. The van der Waals surface area contributed by atoms with E-state index in [2.05, 4.69) is 26.2 Å². The van der Waals surface area contributed by atoms with Crippen LogP contribution in [0.25, 0.3) is 0 Å². The first-order chi connectivity index (χ1) is 9.47. The molecule has 2 rings (SSSR count). The predicted molar refractivity (Wildman–Crippen MR) is 77.7 cm³/mol. The van der Waals surface area contributed by atoms with Gasteiger partial charge in [-0.1, -0.05) is 0 Å². The Balaban J connectivity index is 2.19. The van der Waals surface area contributed by atoms with Crippen molar-refractivity contribution < 1.29 is 9.72 Å². The van der Waals surface area contributed by atoms with Crippen LogP contribution in [0.15, 0.2) is 41.0 Å². The van der Waals surface area contributed by atoms with Crippen molar-refractivity contribution in [1.29, 1.82) is 0 Å². The van der Waals surface area contributed by atoms with Crippen LogP contribution in [0.4, 0.5) is 11.4 Å². The molecule has 0 spiro atoms. The molecule has 0 bridgehead atoms. The number of nitrogens with one attached hydrogen (secondary N) is 1. The molecule has 7 heteroatoms. The SMILES string of the molecule is Cc1cc([N+](=O)[O-])ccc1NC(=O)c1ccc(Br)cn1. The number of nitro benzene ring substituents is 1. The molecule has 0 fully saturated rings. The number of nitro groups is 1. The summed E-state index contributed by atoms with van der Waals surface area (Å²) in [6.45, 7) is 1.69. The third kappa shape index (κ3) is 3.18. The second kappa shape index (κ2) is 5.79. The summed E-state index contributed by atoms with van der Waals surface area (Å²) in [7, 11) is 0. The van der Waals surface area contributed by atoms with Crippen molar-refractivity contribution in [1.82, 2.24) is 4.98 Å². The van der Waals surface area contributed by atoms with Crippen LogP contribution in [0.5, 0.6) is 0 Å². The zero-order chi connectivity index (χ0) is 14.7. The number of aryl methyl sites for hydroxylation is 1. The lowest BCUT2D eigenvalue weighted by Gasteiger charge is -2.07. The molecule has 1 amide bonds. The average molecular weight is 336 g/mol. The number of aromatic nitrogens is 1. The maximum atomic E-state index is 12.0. The van der Waals surface area contributed by atoms with Crippen LogP contribution in [0.2, 0.25) is 0 Å². The van der Waals surface area contributed by atoms with E-state index in [1.807, 2.05) is 0 Å². The summed E-state index contributed by atoms with van der Waals surface area (Å²) in [4.78, 5) is 26.1. The summed E-state index contributed by atoms with van der Waals surface area (Å²) in [5.41, 5.74) is 1.39. The Morgan fingerprint density at radius 2 is 2.10 bits per heavy atom. The van der Waals surface area contributed by atoms with E-state index in [1.54, 1.807) is 19.1 Å². The molecule has 0 atom stereocenters. The fraction of sp³-hybridized carbons (Fsp3) is 0.0769. The van der Waals surface area contributed by atoms with Crippen molar-refractivity contribution in [2.45, 2.75) is 6.92 Å². The van der Waals surface area contributed by atoms with Crippen LogP contribution in [0.3, 0.4) is 0 Å². The number of non-ortho nitro benzene ring substituents is 1. The number of carbonyl (C=O) groups is 1. The van der Waals surface area contributed by atoms with Gasteiger partial charge in [0.15, 0.2) is 0 Å². The molecule has 0 radical (unpaired) electrons. The number of halogens is 1. The number of hydrogen-bond donors (Lipinski definition) is 1. The fourth-order valence-electron chi connectivity index (χ4n) is 1.60. The van der Waals surface area contributed by atoms with Gasteiger partial charge in [0.05, 0.1) is 4.92 Å². The summed E-state index contributed by atoms with van der Waals surface area (Å²) in [6, 6.07) is 7.55. The highest BCUT2D eigenvalue weighted by Crippen LogP contribution is 2.21. The van der Waals surface area contributed by atoms with Crippen LogP contribution in [-0.4, -0.2) is 15.8 Å². The van der Waals surface area contributed by atoms with Gasteiger partial charge in [-0.2, -0.15) is 0 Å². The van der Waals surface area contributed by atoms with E-state index < -0.39 is 4.92 Å². The fourth-order valence-corrected chi connectivity index (χ4v) is 1.83. The number of hydrogen-bond acceptors (Lipinski definition) is 4. The normalized spacial score (nSPS) is 10.1. The van der Waals surface area contributed by atoms with E-state index in [-0.39, 0.29) is 17.3 Å². The van der Waals surface area contributed by atoms with Crippen molar-refractivity contribution >= 4 is 33.2 Å². The number of carbonyl (C=O) groups excluding carboxylic acids is 1. The molecule has 0 aliphatic carbocycles. The number of benzene rings is 1. The van der Waals surface area contributed by atoms with Crippen LogP contribution in [0.1, 0.15) is 16.1 Å². The summed E-state index contributed by atoms with van der Waals surface area (Å²) < 4.78 is 0.778. The highest BCUT2D eigenvalue weighted by atomic mass is 79.9. The molecule has 102 valence electrons. The molecule has 1 aromatic heterocycles. The molecule has 20 heavy (non-hydrogen) atoms. The number of pyridine rings is 1. The van der Waals surface area contributed by atoms with Gasteiger partial charge in [-0.25, -0.2) is 4.98 Å². The van der Waals surface area contributed by atoms with Crippen LogP contribution >= 0.6 is 15.9 Å². The Morgan fingerprint density at radius 1 is 1.35 bits per heavy atom. The average Bonchev–Trinajstić information content (AvgIpc) is 2.41. The Hall–Kier alpha value is -2.28. The Bertz CT molecular complexity index is 671. The summed E-state index contributed by atoms with van der Waals surface area (Å²) in [5.74, 6) is -0.366. The molecule has 6 nitrogen and oxygen atoms in total. The first kappa shape index (κ1) is 14.1. The molecule has 0 saturated carbocycles. The first-order valence-corrected chi connectivity index (χ1v) is 6.44. The monoisotopic (exact) mass is 335 g/mol. The maximum Gasteiger partial charge on any atom is 0.274 e. The van der Waals surface area contributed by atoms with E-state index in [0.717, 1.165) is 4.47 Å². The molecule has 1 aromatic carbocycles. The van der Waals surface area contributed by atoms with Crippen molar-refractivity contribution in [2.24, 2.45) is 0 Å². The minimum Gasteiger partial charge on any atom is -0.320 e. The Kier molecular flexibility index (Phi) is 4.09. The lowest BCUT2D eigenvalue weighted by molar-refractivity contribution is -0.384. The van der Waals surface area contributed by atoms with E-state index in [9.17, 15) is 14.9 Å². The summed E-state index contributed by atoms with van der Waals surface area (Å²) in [6.07, 6.45) is 1.53. The zero-order valence-corrected chi connectivity index (χ0v) is 12.0. The van der Waals surface area contributed by atoms with Gasteiger partial charge >= 0.3 is 0 Å². The van der Waals surface area contributed by atoms with Gasteiger partial charge in [0.25, 0.3) is 11.6 Å². The third-order valence-corrected chi connectivity index (χ3v) is 3.10. The molecule has 1 N–H and O–H groups in total. The second-order valence-electron chi connectivity index (χ2n) is 4.07. The van der Waals surface area contributed by atoms with Gasteiger partial charge in [-0.15, -0.1) is 0 Å². The van der Waals surface area contributed by atoms with Crippen LogP contribution < -0.4 is 5.32 Å². The quantitative estimate of drug-likeness (QED) is 0.688. The van der Waals surface area contributed by atoms with Gasteiger partial charge in [0.2, 0.25) is 0 Å². The Morgan fingerprint density at radius 3 is 2.65 bits per heavy atom. The van der Waals surface area contributed by atoms with Crippen LogP contribution in [-0.2, 0) is 0 Å². The predicted octanol–water partition coefficient (Wildman–Crippen LogP) is 3.31. The molecule has 0 unspecified atom stereocenters. The van der Waals surface area contributed by atoms with Crippen molar-refractivity contribution in [2.75, 3.05) is 5.32 Å². The summed E-state index contributed by atoms with van der Waals surface area (Å²) >= 11 is 3.24. The first-order valence-electron chi connectivity index (χ1n) is 5.65. The van der Waals surface area contributed by atoms with Crippen molar-refractivity contribution in [3.63, 3.8) is 0 Å².